The van der Waals surface area contributed by atoms with Crippen molar-refractivity contribution in [3.63, 3.8) is 0 Å². The third-order valence-corrected chi connectivity index (χ3v) is 5.70. The highest BCUT2D eigenvalue weighted by molar-refractivity contribution is 5.66. The molecule has 1 aliphatic heterocycles. The van der Waals surface area contributed by atoms with Crippen LogP contribution in [0.4, 0.5) is 11.6 Å². The fourth-order valence-electron chi connectivity index (χ4n) is 4.30. The average molecular weight is 361 g/mol. The van der Waals surface area contributed by atoms with Gasteiger partial charge in [-0.15, -0.1) is 0 Å². The largest absolute Gasteiger partial charge is 0.370 e. The molecule has 0 N–H and O–H groups in total. The second-order valence-corrected chi connectivity index (χ2v) is 8.59. The second-order valence-electron chi connectivity index (χ2n) is 8.59. The predicted molar refractivity (Wildman–Crippen MR) is 112 cm³/mol. The van der Waals surface area contributed by atoms with E-state index in [4.69, 9.17) is 0 Å². The molecular weight excluding hydrogens is 330 g/mol. The molecule has 0 aliphatic carbocycles. The molecule has 2 heterocycles. The quantitative estimate of drug-likeness (QED) is 0.559. The Balaban J connectivity index is 2.11. The number of fused-ring (bicyclic) bond motifs is 2. The van der Waals surface area contributed by atoms with Crippen molar-refractivity contribution >= 4 is 11.6 Å². The van der Waals surface area contributed by atoms with Crippen LogP contribution in [0.5, 0.6) is 0 Å². The number of imidazole rings is 1. The molecule has 0 atom stereocenters. The topological polar surface area (TPSA) is 12.0 Å². The molecule has 4 rings (SSSR count). The Morgan fingerprint density at radius 1 is 0.852 bits per heavy atom. The summed E-state index contributed by atoms with van der Waals surface area (Å²) in [4.78, 5) is 2.49. The fourth-order valence-corrected chi connectivity index (χ4v) is 4.30. The summed E-state index contributed by atoms with van der Waals surface area (Å²) in [6, 6.07) is 19.9. The van der Waals surface area contributed by atoms with E-state index in [0.29, 0.717) is 12.0 Å². The molecule has 0 saturated carbocycles. The van der Waals surface area contributed by atoms with Crippen molar-refractivity contribution < 1.29 is 4.57 Å². The Hall–Kier alpha value is -2.55. The lowest BCUT2D eigenvalue weighted by Crippen LogP contribution is -2.59. The lowest BCUT2D eigenvalue weighted by Gasteiger charge is -2.37. The van der Waals surface area contributed by atoms with Crippen LogP contribution in [0.15, 0.2) is 60.8 Å². The first-order chi connectivity index (χ1) is 12.8. The first-order valence-electron chi connectivity index (χ1n) is 9.96. The number of anilines is 2. The summed E-state index contributed by atoms with van der Waals surface area (Å²) < 4.78 is 4.92. The molecule has 0 spiro atoms. The van der Waals surface area contributed by atoms with Crippen molar-refractivity contribution in [2.45, 2.75) is 59.0 Å². The summed E-state index contributed by atoms with van der Waals surface area (Å²) in [7, 11) is 0. The van der Waals surface area contributed by atoms with Crippen molar-refractivity contribution in [2.24, 2.45) is 0 Å². The molecule has 2 aromatic carbocycles. The van der Waals surface area contributed by atoms with Gasteiger partial charge >= 0.3 is 5.95 Å². The van der Waals surface area contributed by atoms with E-state index < -0.39 is 0 Å². The van der Waals surface area contributed by atoms with E-state index in [1.54, 1.807) is 0 Å². The molecule has 0 unspecified atom stereocenters. The van der Waals surface area contributed by atoms with Gasteiger partial charge in [-0.25, -0.2) is 9.47 Å². The fraction of sp³-hybridized carbons (Fsp3) is 0.375. The molecular formula is C24H30N3+. The summed E-state index contributed by atoms with van der Waals surface area (Å²) in [5.74, 6) is 1.67. The zero-order valence-electron chi connectivity index (χ0n) is 17.3. The van der Waals surface area contributed by atoms with Gasteiger partial charge in [0, 0.05) is 11.5 Å². The van der Waals surface area contributed by atoms with Gasteiger partial charge in [-0.3, -0.25) is 0 Å². The monoisotopic (exact) mass is 360 g/mol. The van der Waals surface area contributed by atoms with Crippen LogP contribution in [0.2, 0.25) is 0 Å². The number of nitrogens with zero attached hydrogens (tertiary/aromatic N) is 3. The van der Waals surface area contributed by atoms with Crippen LogP contribution < -0.4 is 9.47 Å². The zero-order chi connectivity index (χ0) is 19.3. The van der Waals surface area contributed by atoms with E-state index in [0.717, 1.165) is 0 Å². The van der Waals surface area contributed by atoms with Gasteiger partial charge in [-0.05, 0) is 45.9 Å². The van der Waals surface area contributed by atoms with Crippen molar-refractivity contribution in [1.82, 2.24) is 4.57 Å². The summed E-state index contributed by atoms with van der Waals surface area (Å²) in [6.45, 7) is 13.8. The standard InChI is InChI=1S/C24H30N3/c1-17(2)22-16-25-23(27(22)19-12-8-7-9-13-19)26(18(3)4)21-15-11-10-14-20(21)24(25,5)6/h7-18H,1-6H3/q+1. The van der Waals surface area contributed by atoms with Gasteiger partial charge in [0.15, 0.2) is 0 Å². The van der Waals surface area contributed by atoms with E-state index in [1.807, 2.05) is 0 Å². The van der Waals surface area contributed by atoms with Crippen LogP contribution >= 0.6 is 0 Å². The van der Waals surface area contributed by atoms with Gasteiger partial charge in [0.1, 0.15) is 28.8 Å². The van der Waals surface area contributed by atoms with E-state index >= 15 is 0 Å². The Morgan fingerprint density at radius 3 is 2.11 bits per heavy atom. The lowest BCUT2D eigenvalue weighted by atomic mass is 9.89. The average Bonchev–Trinajstić information content (AvgIpc) is 3.04. The van der Waals surface area contributed by atoms with Crippen molar-refractivity contribution in [2.75, 3.05) is 4.90 Å². The normalized spacial score (nSPS) is 15.2. The van der Waals surface area contributed by atoms with Crippen molar-refractivity contribution in [1.29, 1.82) is 0 Å². The summed E-state index contributed by atoms with van der Waals surface area (Å²) in [6.07, 6.45) is 2.36. The van der Waals surface area contributed by atoms with Gasteiger partial charge in [0.05, 0.1) is 6.04 Å². The highest BCUT2D eigenvalue weighted by Crippen LogP contribution is 2.42. The maximum absolute atomic E-state index is 2.49. The molecule has 27 heavy (non-hydrogen) atoms. The summed E-state index contributed by atoms with van der Waals surface area (Å²) in [5, 5.41) is 0. The summed E-state index contributed by atoms with van der Waals surface area (Å²) in [5.41, 5.74) is 5.12. The van der Waals surface area contributed by atoms with Crippen molar-refractivity contribution in [3.05, 3.63) is 72.1 Å². The predicted octanol–water partition coefficient (Wildman–Crippen LogP) is 5.53. The van der Waals surface area contributed by atoms with E-state index in [1.165, 1.54) is 28.6 Å². The SMILES string of the molecule is CC(C)c1c[n+]2c(n1-c1ccccc1)N(C(C)C)c1ccccc1C2(C)C. The molecule has 1 aromatic heterocycles. The number of rotatable bonds is 3. The van der Waals surface area contributed by atoms with Crippen LogP contribution in [0, 0.1) is 0 Å². The lowest BCUT2D eigenvalue weighted by molar-refractivity contribution is -0.736. The molecule has 0 radical (unpaired) electrons. The smallest absolute Gasteiger partial charge is 0.228 e. The molecule has 0 bridgehead atoms. The van der Waals surface area contributed by atoms with Gasteiger partial charge < -0.3 is 0 Å². The third kappa shape index (κ3) is 2.60. The summed E-state index contributed by atoms with van der Waals surface area (Å²) >= 11 is 0. The molecule has 3 heteroatoms. The Bertz CT molecular complexity index is 965. The number of aromatic nitrogens is 2. The molecule has 0 fully saturated rings. The van der Waals surface area contributed by atoms with Crippen molar-refractivity contribution in [3.8, 4) is 5.69 Å². The minimum absolute atomic E-state index is 0.110. The molecule has 0 amide bonds. The highest BCUT2D eigenvalue weighted by atomic mass is 15.4. The molecule has 0 saturated heterocycles. The van der Waals surface area contributed by atoms with Crippen LogP contribution in [-0.2, 0) is 5.54 Å². The minimum Gasteiger partial charge on any atom is -0.228 e. The van der Waals surface area contributed by atoms with Crippen LogP contribution in [0.3, 0.4) is 0 Å². The molecule has 3 nitrogen and oxygen atoms in total. The van der Waals surface area contributed by atoms with Crippen LogP contribution in [-0.4, -0.2) is 10.6 Å². The minimum atomic E-state index is -0.110. The highest BCUT2D eigenvalue weighted by Gasteiger charge is 2.46. The van der Waals surface area contributed by atoms with Gasteiger partial charge in [-0.1, -0.05) is 50.2 Å². The van der Waals surface area contributed by atoms with Gasteiger partial charge in [0.2, 0.25) is 0 Å². The second kappa shape index (κ2) is 6.26. The zero-order valence-corrected chi connectivity index (χ0v) is 17.3. The number of benzene rings is 2. The Labute approximate surface area is 162 Å². The Kier molecular flexibility index (Phi) is 4.14. The molecule has 3 aromatic rings. The van der Waals surface area contributed by atoms with E-state index in [2.05, 4.69) is 116 Å². The van der Waals surface area contributed by atoms with Crippen LogP contribution in [0.1, 0.15) is 58.7 Å². The maximum atomic E-state index is 2.49. The number of hydrogen-bond acceptors (Lipinski definition) is 1. The molecule has 1 aliphatic rings. The van der Waals surface area contributed by atoms with Crippen LogP contribution in [0.25, 0.3) is 5.69 Å². The first kappa shape index (κ1) is 17.8. The molecule has 140 valence electrons. The van der Waals surface area contributed by atoms with E-state index in [-0.39, 0.29) is 5.54 Å². The maximum Gasteiger partial charge on any atom is 0.370 e. The van der Waals surface area contributed by atoms with Gasteiger partial charge in [0.25, 0.3) is 0 Å². The number of para-hydroxylation sites is 2. The number of hydrogen-bond donors (Lipinski definition) is 0. The first-order valence-corrected chi connectivity index (χ1v) is 9.96. The van der Waals surface area contributed by atoms with Gasteiger partial charge in [-0.2, -0.15) is 4.57 Å². The Morgan fingerprint density at radius 2 is 1.48 bits per heavy atom. The third-order valence-electron chi connectivity index (χ3n) is 5.70. The van der Waals surface area contributed by atoms with E-state index in [9.17, 15) is 0 Å².